The first-order valence-electron chi connectivity index (χ1n) is 8.32. The molecule has 0 radical (unpaired) electrons. The molecule has 0 aliphatic carbocycles. The minimum Gasteiger partial charge on any atom is -0.497 e. The summed E-state index contributed by atoms with van der Waals surface area (Å²) in [7, 11) is 1.66. The van der Waals surface area contributed by atoms with Gasteiger partial charge < -0.3 is 15.8 Å². The lowest BCUT2D eigenvalue weighted by atomic mass is 10.2. The lowest BCUT2D eigenvalue weighted by Gasteiger charge is -2.12. The third-order valence-corrected chi connectivity index (χ3v) is 4.00. The quantitative estimate of drug-likeness (QED) is 0.648. The van der Waals surface area contributed by atoms with Crippen molar-refractivity contribution in [3.63, 3.8) is 0 Å². The lowest BCUT2D eigenvalue weighted by molar-refractivity contribution is 0.415. The van der Waals surface area contributed by atoms with Crippen molar-refractivity contribution >= 4 is 22.5 Å². The number of anilines is 1. The number of aromatic nitrogens is 4. The van der Waals surface area contributed by atoms with E-state index in [2.05, 4.69) is 33.8 Å². The van der Waals surface area contributed by atoms with Crippen LogP contribution in [0.25, 0.3) is 16.7 Å². The summed E-state index contributed by atoms with van der Waals surface area (Å²) in [5.41, 5.74) is 8.14. The van der Waals surface area contributed by atoms with Gasteiger partial charge in [0.25, 0.3) is 0 Å². The van der Waals surface area contributed by atoms with Gasteiger partial charge in [0.15, 0.2) is 5.82 Å². The SMILES string of the molecule is COc1ccc2c(c1)nc(NCCCCN)c1nnc(C(C)C)n12. The van der Waals surface area contributed by atoms with Crippen LogP contribution in [0.15, 0.2) is 18.2 Å². The summed E-state index contributed by atoms with van der Waals surface area (Å²) in [4.78, 5) is 4.74. The van der Waals surface area contributed by atoms with Crippen molar-refractivity contribution in [1.29, 1.82) is 0 Å². The van der Waals surface area contributed by atoms with Crippen LogP contribution in [-0.2, 0) is 0 Å². The second-order valence-electron chi connectivity index (χ2n) is 6.11. The summed E-state index contributed by atoms with van der Waals surface area (Å²) in [6, 6.07) is 5.87. The highest BCUT2D eigenvalue weighted by Gasteiger charge is 2.17. The molecule has 3 rings (SSSR count). The van der Waals surface area contributed by atoms with Gasteiger partial charge in [-0.3, -0.25) is 4.40 Å². The molecule has 128 valence electrons. The number of nitrogens with zero attached hydrogens (tertiary/aromatic N) is 4. The van der Waals surface area contributed by atoms with Crippen LogP contribution in [0.4, 0.5) is 5.82 Å². The van der Waals surface area contributed by atoms with Gasteiger partial charge in [0, 0.05) is 18.5 Å². The molecule has 0 fully saturated rings. The van der Waals surface area contributed by atoms with Crippen molar-refractivity contribution < 1.29 is 4.74 Å². The van der Waals surface area contributed by atoms with Crippen LogP contribution in [0.2, 0.25) is 0 Å². The maximum atomic E-state index is 5.56. The van der Waals surface area contributed by atoms with Crippen LogP contribution >= 0.6 is 0 Å². The summed E-state index contributed by atoms with van der Waals surface area (Å²) in [5, 5.41) is 12.1. The van der Waals surface area contributed by atoms with Gasteiger partial charge in [0.05, 0.1) is 18.1 Å². The zero-order chi connectivity index (χ0) is 17.1. The molecule has 0 saturated heterocycles. The number of hydrogen-bond acceptors (Lipinski definition) is 6. The van der Waals surface area contributed by atoms with E-state index in [-0.39, 0.29) is 5.92 Å². The Balaban J connectivity index is 2.14. The molecule has 7 nitrogen and oxygen atoms in total. The van der Waals surface area contributed by atoms with Crippen molar-refractivity contribution in [3.05, 3.63) is 24.0 Å². The van der Waals surface area contributed by atoms with Crippen LogP contribution in [0.1, 0.15) is 38.4 Å². The standard InChI is InChI=1S/C17H24N6O/c1-11(2)16-21-22-17-15(19-9-5-4-8-18)20-13-10-12(24-3)6-7-14(13)23(16)17/h6-7,10-11H,4-5,8-9,18H2,1-3H3,(H,19,20). The van der Waals surface area contributed by atoms with Gasteiger partial charge >= 0.3 is 0 Å². The second-order valence-corrected chi connectivity index (χ2v) is 6.11. The first-order valence-corrected chi connectivity index (χ1v) is 8.32. The topological polar surface area (TPSA) is 90.4 Å². The molecule has 1 aromatic carbocycles. The number of benzene rings is 1. The van der Waals surface area contributed by atoms with Crippen molar-refractivity contribution in [2.45, 2.75) is 32.6 Å². The number of nitrogens with two attached hydrogens (primary N) is 1. The Morgan fingerprint density at radius 3 is 2.79 bits per heavy atom. The van der Waals surface area contributed by atoms with Gasteiger partial charge in [-0.1, -0.05) is 13.8 Å². The predicted molar refractivity (Wildman–Crippen MR) is 95.7 cm³/mol. The molecular weight excluding hydrogens is 304 g/mol. The van der Waals surface area contributed by atoms with Gasteiger partial charge in [-0.15, -0.1) is 10.2 Å². The summed E-state index contributed by atoms with van der Waals surface area (Å²) in [5.74, 6) is 2.71. The summed E-state index contributed by atoms with van der Waals surface area (Å²) in [6.07, 6.45) is 1.97. The smallest absolute Gasteiger partial charge is 0.204 e. The molecule has 3 N–H and O–H groups in total. The maximum Gasteiger partial charge on any atom is 0.204 e. The molecule has 2 aromatic heterocycles. The average molecular weight is 328 g/mol. The second kappa shape index (κ2) is 7.00. The Hall–Kier alpha value is -2.41. The molecule has 0 amide bonds. The summed E-state index contributed by atoms with van der Waals surface area (Å²) in [6.45, 7) is 5.72. The van der Waals surface area contributed by atoms with Crippen molar-refractivity contribution in [2.24, 2.45) is 5.73 Å². The maximum absolute atomic E-state index is 5.56. The van der Waals surface area contributed by atoms with Gasteiger partial charge in [-0.25, -0.2) is 4.98 Å². The summed E-state index contributed by atoms with van der Waals surface area (Å²) < 4.78 is 7.41. The molecule has 0 saturated carbocycles. The average Bonchev–Trinajstić information content (AvgIpc) is 3.03. The van der Waals surface area contributed by atoms with E-state index in [1.165, 1.54) is 0 Å². The Kier molecular flexibility index (Phi) is 4.80. The fraction of sp³-hybridized carbons (Fsp3) is 0.471. The molecule has 3 aromatic rings. The molecule has 0 atom stereocenters. The van der Waals surface area contributed by atoms with Crippen LogP contribution < -0.4 is 15.8 Å². The van der Waals surface area contributed by atoms with Crippen LogP contribution in [0, 0.1) is 0 Å². The highest BCUT2D eigenvalue weighted by molar-refractivity contribution is 5.84. The Morgan fingerprint density at radius 1 is 1.25 bits per heavy atom. The molecule has 0 aliphatic rings. The fourth-order valence-corrected chi connectivity index (χ4v) is 2.73. The normalized spacial score (nSPS) is 11.5. The number of rotatable bonds is 7. The van der Waals surface area contributed by atoms with Crippen LogP contribution in [0.5, 0.6) is 5.75 Å². The molecule has 0 unspecified atom stereocenters. The molecule has 0 bridgehead atoms. The third kappa shape index (κ3) is 2.99. The van der Waals surface area contributed by atoms with Crippen molar-refractivity contribution in [2.75, 3.05) is 25.5 Å². The van der Waals surface area contributed by atoms with Gasteiger partial charge in [-0.05, 0) is 31.5 Å². The summed E-state index contributed by atoms with van der Waals surface area (Å²) >= 11 is 0. The highest BCUT2D eigenvalue weighted by Crippen LogP contribution is 2.27. The van der Waals surface area contributed by atoms with E-state index in [9.17, 15) is 0 Å². The van der Waals surface area contributed by atoms with E-state index in [0.717, 1.165) is 53.5 Å². The monoisotopic (exact) mass is 328 g/mol. The molecule has 24 heavy (non-hydrogen) atoms. The van der Waals surface area contributed by atoms with E-state index < -0.39 is 0 Å². The van der Waals surface area contributed by atoms with Gasteiger partial charge in [-0.2, -0.15) is 0 Å². The Morgan fingerprint density at radius 2 is 2.08 bits per heavy atom. The Bertz CT molecular complexity index is 842. The largest absolute Gasteiger partial charge is 0.497 e. The number of fused-ring (bicyclic) bond motifs is 3. The third-order valence-electron chi connectivity index (χ3n) is 4.00. The van der Waals surface area contributed by atoms with E-state index >= 15 is 0 Å². The zero-order valence-corrected chi connectivity index (χ0v) is 14.4. The first-order chi connectivity index (χ1) is 11.7. The van der Waals surface area contributed by atoms with E-state index in [0.29, 0.717) is 6.54 Å². The molecular formula is C17H24N6O. The number of methoxy groups -OCH3 is 1. The number of nitrogens with one attached hydrogen (secondary N) is 1. The minimum atomic E-state index is 0.262. The van der Waals surface area contributed by atoms with Crippen LogP contribution in [-0.4, -0.2) is 39.8 Å². The molecule has 2 heterocycles. The minimum absolute atomic E-state index is 0.262. The van der Waals surface area contributed by atoms with E-state index in [1.807, 2.05) is 18.2 Å². The lowest BCUT2D eigenvalue weighted by Crippen LogP contribution is -2.09. The molecule has 7 heteroatoms. The van der Waals surface area contributed by atoms with Gasteiger partial charge in [0.2, 0.25) is 5.65 Å². The van der Waals surface area contributed by atoms with E-state index in [4.69, 9.17) is 15.5 Å². The van der Waals surface area contributed by atoms with Crippen molar-refractivity contribution in [1.82, 2.24) is 19.6 Å². The van der Waals surface area contributed by atoms with Crippen molar-refractivity contribution in [3.8, 4) is 5.75 Å². The predicted octanol–water partition coefficient (Wildman–Crippen LogP) is 2.56. The number of ether oxygens (including phenoxy) is 1. The highest BCUT2D eigenvalue weighted by atomic mass is 16.5. The number of hydrogen-bond donors (Lipinski definition) is 2. The molecule has 0 spiro atoms. The fourth-order valence-electron chi connectivity index (χ4n) is 2.73. The molecule has 0 aliphatic heterocycles. The zero-order valence-electron chi connectivity index (χ0n) is 14.4. The Labute approximate surface area is 141 Å². The van der Waals surface area contributed by atoms with Gasteiger partial charge in [0.1, 0.15) is 11.6 Å². The first kappa shape index (κ1) is 16.4. The van der Waals surface area contributed by atoms with E-state index in [1.54, 1.807) is 7.11 Å². The number of unbranched alkanes of at least 4 members (excludes halogenated alkanes) is 1. The van der Waals surface area contributed by atoms with Crippen LogP contribution in [0.3, 0.4) is 0 Å².